The van der Waals surface area contributed by atoms with Crippen molar-refractivity contribution in [1.82, 2.24) is 0 Å². The van der Waals surface area contributed by atoms with Crippen LogP contribution in [0.5, 0.6) is 5.75 Å². The zero-order valence-corrected chi connectivity index (χ0v) is 14.0. The van der Waals surface area contributed by atoms with Gasteiger partial charge < -0.3 is 15.4 Å². The maximum absolute atomic E-state index is 6.29. The fourth-order valence-electron chi connectivity index (χ4n) is 2.21. The third-order valence-electron chi connectivity index (χ3n) is 3.62. The van der Waals surface area contributed by atoms with Crippen molar-refractivity contribution in [2.75, 3.05) is 19.0 Å². The molecule has 0 radical (unpaired) electrons. The standard InChI is InChI=1S/C17H24N2OS/c1-5-15(18)16(17-12(2)9-10-21-17)20-14-8-6-7-13(11-14)19(3)4/h6-11,15-16H,5,18H2,1-4H3. The molecule has 0 saturated heterocycles. The van der Waals surface area contributed by atoms with Crippen LogP contribution in [-0.4, -0.2) is 20.1 Å². The molecule has 0 saturated carbocycles. The summed E-state index contributed by atoms with van der Waals surface area (Å²) in [5.41, 5.74) is 8.67. The number of thiophene rings is 1. The summed E-state index contributed by atoms with van der Waals surface area (Å²) < 4.78 is 6.24. The fraction of sp³-hybridized carbons (Fsp3) is 0.412. The van der Waals surface area contributed by atoms with E-state index in [0.29, 0.717) is 0 Å². The predicted molar refractivity (Wildman–Crippen MR) is 91.5 cm³/mol. The van der Waals surface area contributed by atoms with Gasteiger partial charge in [0.05, 0.1) is 0 Å². The van der Waals surface area contributed by atoms with Crippen LogP contribution in [0.4, 0.5) is 5.69 Å². The molecule has 3 nitrogen and oxygen atoms in total. The number of nitrogens with two attached hydrogens (primary N) is 1. The van der Waals surface area contributed by atoms with Gasteiger partial charge in [-0.25, -0.2) is 0 Å². The van der Waals surface area contributed by atoms with E-state index >= 15 is 0 Å². The van der Waals surface area contributed by atoms with E-state index < -0.39 is 0 Å². The summed E-state index contributed by atoms with van der Waals surface area (Å²) >= 11 is 1.72. The van der Waals surface area contributed by atoms with Crippen LogP contribution in [0.3, 0.4) is 0 Å². The zero-order chi connectivity index (χ0) is 15.4. The molecule has 0 fully saturated rings. The zero-order valence-electron chi connectivity index (χ0n) is 13.2. The van der Waals surface area contributed by atoms with Gasteiger partial charge in [0, 0.05) is 36.8 Å². The van der Waals surface area contributed by atoms with Crippen molar-refractivity contribution in [3.63, 3.8) is 0 Å². The van der Waals surface area contributed by atoms with Crippen molar-refractivity contribution in [2.24, 2.45) is 5.73 Å². The Morgan fingerprint density at radius 3 is 2.62 bits per heavy atom. The van der Waals surface area contributed by atoms with Gasteiger partial charge in [0.1, 0.15) is 11.9 Å². The Morgan fingerprint density at radius 2 is 2.05 bits per heavy atom. The SMILES string of the molecule is CCC(N)C(Oc1cccc(N(C)C)c1)c1sccc1C. The van der Waals surface area contributed by atoms with Crippen molar-refractivity contribution < 1.29 is 4.74 Å². The maximum Gasteiger partial charge on any atom is 0.148 e. The molecule has 2 N–H and O–H groups in total. The minimum atomic E-state index is -0.0904. The topological polar surface area (TPSA) is 38.5 Å². The Hall–Kier alpha value is -1.52. The molecule has 0 spiro atoms. The van der Waals surface area contributed by atoms with Crippen LogP contribution in [0.15, 0.2) is 35.7 Å². The molecule has 2 rings (SSSR count). The molecule has 0 amide bonds. The molecule has 0 aliphatic carbocycles. The molecular weight excluding hydrogens is 280 g/mol. The van der Waals surface area contributed by atoms with Crippen LogP contribution < -0.4 is 15.4 Å². The second-order valence-electron chi connectivity index (χ2n) is 5.47. The Morgan fingerprint density at radius 1 is 1.29 bits per heavy atom. The number of rotatable bonds is 6. The van der Waals surface area contributed by atoms with Crippen molar-refractivity contribution in [3.8, 4) is 5.75 Å². The second-order valence-corrected chi connectivity index (χ2v) is 6.42. The lowest BCUT2D eigenvalue weighted by molar-refractivity contribution is 0.174. The number of anilines is 1. The maximum atomic E-state index is 6.29. The lowest BCUT2D eigenvalue weighted by Gasteiger charge is -2.25. The number of hydrogen-bond donors (Lipinski definition) is 1. The first-order chi connectivity index (χ1) is 10.0. The number of ether oxygens (including phenoxy) is 1. The summed E-state index contributed by atoms with van der Waals surface area (Å²) in [5, 5.41) is 2.10. The quantitative estimate of drug-likeness (QED) is 0.877. The lowest BCUT2D eigenvalue weighted by Crippen LogP contribution is -2.31. The molecule has 0 bridgehead atoms. The average Bonchev–Trinajstić information content (AvgIpc) is 2.90. The number of aryl methyl sites for hydroxylation is 1. The monoisotopic (exact) mass is 304 g/mol. The van der Waals surface area contributed by atoms with E-state index in [4.69, 9.17) is 10.5 Å². The summed E-state index contributed by atoms with van der Waals surface area (Å²) in [7, 11) is 4.05. The highest BCUT2D eigenvalue weighted by Gasteiger charge is 2.23. The van der Waals surface area contributed by atoms with E-state index in [1.54, 1.807) is 11.3 Å². The number of benzene rings is 1. The minimum Gasteiger partial charge on any atom is -0.483 e. The van der Waals surface area contributed by atoms with Crippen LogP contribution in [0.2, 0.25) is 0 Å². The van der Waals surface area contributed by atoms with Crippen LogP contribution in [-0.2, 0) is 0 Å². The molecule has 2 unspecified atom stereocenters. The largest absolute Gasteiger partial charge is 0.483 e. The molecule has 1 aromatic heterocycles. The molecule has 1 aromatic carbocycles. The highest BCUT2D eigenvalue weighted by atomic mass is 32.1. The highest BCUT2D eigenvalue weighted by molar-refractivity contribution is 7.10. The lowest BCUT2D eigenvalue weighted by atomic mass is 10.1. The second kappa shape index (κ2) is 6.96. The first kappa shape index (κ1) is 15.9. The van der Waals surface area contributed by atoms with Crippen molar-refractivity contribution >= 4 is 17.0 Å². The predicted octanol–water partition coefficient (Wildman–Crippen LogP) is 3.98. The van der Waals surface area contributed by atoms with Crippen LogP contribution in [0, 0.1) is 6.92 Å². The van der Waals surface area contributed by atoms with Gasteiger partial charge >= 0.3 is 0 Å². The third kappa shape index (κ3) is 3.77. The van der Waals surface area contributed by atoms with Gasteiger partial charge in [-0.2, -0.15) is 0 Å². The summed E-state index contributed by atoms with van der Waals surface area (Å²) in [6.45, 7) is 4.21. The molecule has 21 heavy (non-hydrogen) atoms. The van der Waals surface area contributed by atoms with E-state index in [9.17, 15) is 0 Å². The molecule has 1 heterocycles. The van der Waals surface area contributed by atoms with Crippen LogP contribution in [0.1, 0.15) is 29.9 Å². The smallest absolute Gasteiger partial charge is 0.148 e. The summed E-state index contributed by atoms with van der Waals surface area (Å²) in [6, 6.07) is 10.2. The first-order valence-corrected chi connectivity index (χ1v) is 8.14. The number of nitrogens with zero attached hydrogens (tertiary/aromatic N) is 1. The number of hydrogen-bond acceptors (Lipinski definition) is 4. The summed E-state index contributed by atoms with van der Waals surface area (Å²) in [6.07, 6.45) is 0.794. The molecule has 0 aliphatic heterocycles. The molecule has 2 aromatic rings. The third-order valence-corrected chi connectivity index (χ3v) is 4.70. The molecular formula is C17H24N2OS. The van der Waals surface area contributed by atoms with Crippen LogP contribution >= 0.6 is 11.3 Å². The van der Waals surface area contributed by atoms with E-state index in [1.165, 1.54) is 10.4 Å². The van der Waals surface area contributed by atoms with E-state index in [0.717, 1.165) is 17.9 Å². The summed E-state index contributed by atoms with van der Waals surface area (Å²) in [5.74, 6) is 0.864. The highest BCUT2D eigenvalue weighted by Crippen LogP contribution is 2.32. The molecule has 114 valence electrons. The first-order valence-electron chi connectivity index (χ1n) is 7.26. The minimum absolute atomic E-state index is 0.00892. The van der Waals surface area contributed by atoms with E-state index in [1.807, 2.05) is 26.2 Å². The molecule has 2 atom stereocenters. The fourth-order valence-corrected chi connectivity index (χ4v) is 3.24. The van der Waals surface area contributed by atoms with Gasteiger partial charge in [-0.3, -0.25) is 0 Å². The Bertz CT molecular complexity index is 580. The van der Waals surface area contributed by atoms with Gasteiger partial charge in [-0.1, -0.05) is 13.0 Å². The van der Waals surface area contributed by atoms with E-state index in [-0.39, 0.29) is 12.1 Å². The van der Waals surface area contributed by atoms with E-state index in [2.05, 4.69) is 42.3 Å². The average molecular weight is 304 g/mol. The van der Waals surface area contributed by atoms with Gasteiger partial charge in [-0.05, 0) is 42.5 Å². The molecule has 4 heteroatoms. The Balaban J connectivity index is 2.27. The van der Waals surface area contributed by atoms with Crippen molar-refractivity contribution in [1.29, 1.82) is 0 Å². The van der Waals surface area contributed by atoms with Gasteiger partial charge in [0.15, 0.2) is 0 Å². The Labute approximate surface area is 131 Å². The van der Waals surface area contributed by atoms with Gasteiger partial charge in [0.2, 0.25) is 0 Å². The van der Waals surface area contributed by atoms with Crippen molar-refractivity contribution in [3.05, 3.63) is 46.2 Å². The Kier molecular flexibility index (Phi) is 5.26. The normalized spacial score (nSPS) is 13.8. The van der Waals surface area contributed by atoms with Crippen LogP contribution in [0.25, 0.3) is 0 Å². The van der Waals surface area contributed by atoms with Gasteiger partial charge in [0.25, 0.3) is 0 Å². The van der Waals surface area contributed by atoms with Crippen molar-refractivity contribution in [2.45, 2.75) is 32.4 Å². The summed E-state index contributed by atoms with van der Waals surface area (Å²) in [4.78, 5) is 3.29. The van der Waals surface area contributed by atoms with Gasteiger partial charge in [-0.15, -0.1) is 11.3 Å². The molecule has 0 aliphatic rings.